The van der Waals surface area contributed by atoms with E-state index in [2.05, 4.69) is 0 Å². The summed E-state index contributed by atoms with van der Waals surface area (Å²) in [6.07, 6.45) is -2.00. The molecule has 0 aromatic heterocycles. The molecule has 3 unspecified atom stereocenters. The topological polar surface area (TPSA) is 93.2 Å². The Morgan fingerprint density at radius 2 is 1.38 bits per heavy atom. The van der Waals surface area contributed by atoms with Gasteiger partial charge in [0.05, 0.1) is 0 Å². The van der Waals surface area contributed by atoms with Crippen molar-refractivity contribution in [3.05, 3.63) is 0 Å². The minimum absolute atomic E-state index is 0.467. The molecule has 0 bridgehead atoms. The molecular formula is C10H25N3O3. The van der Waals surface area contributed by atoms with E-state index in [1.807, 2.05) is 0 Å². The van der Waals surface area contributed by atoms with Gasteiger partial charge in [0.15, 0.2) is 0 Å². The van der Waals surface area contributed by atoms with Gasteiger partial charge in [-0.15, -0.1) is 0 Å². The van der Waals surface area contributed by atoms with Crippen molar-refractivity contribution in [2.75, 3.05) is 26.2 Å². The molecule has 5 N–H and O–H groups in total. The zero-order valence-electron chi connectivity index (χ0n) is 10.4. The molecule has 0 heterocycles. The van der Waals surface area contributed by atoms with Crippen LogP contribution in [0.25, 0.3) is 0 Å². The average molecular weight is 235 g/mol. The summed E-state index contributed by atoms with van der Waals surface area (Å²) in [5, 5.41) is 28.3. The lowest BCUT2D eigenvalue weighted by atomic mass is 10.3. The van der Waals surface area contributed by atoms with Gasteiger partial charge in [-0.25, -0.2) is 0 Å². The average Bonchev–Trinajstić information content (AvgIpc) is 2.15. The fourth-order valence-electron chi connectivity index (χ4n) is 1.58. The van der Waals surface area contributed by atoms with Crippen molar-refractivity contribution in [2.24, 2.45) is 5.73 Å². The van der Waals surface area contributed by atoms with E-state index in [9.17, 15) is 15.3 Å². The Kier molecular flexibility index (Phi) is 7.82. The monoisotopic (exact) mass is 235 g/mol. The van der Waals surface area contributed by atoms with E-state index in [0.717, 1.165) is 0 Å². The summed E-state index contributed by atoms with van der Waals surface area (Å²) in [7, 11) is 0. The van der Waals surface area contributed by atoms with Gasteiger partial charge < -0.3 is 21.1 Å². The van der Waals surface area contributed by atoms with Crippen LogP contribution < -0.4 is 5.73 Å². The number of aliphatic hydroxyl groups is 3. The zero-order chi connectivity index (χ0) is 12.7. The van der Waals surface area contributed by atoms with E-state index < -0.39 is 18.7 Å². The second-order valence-corrected chi connectivity index (χ2v) is 3.96. The summed E-state index contributed by atoms with van der Waals surface area (Å²) >= 11 is 0. The summed E-state index contributed by atoms with van der Waals surface area (Å²) in [6, 6.07) is 0. The van der Waals surface area contributed by atoms with E-state index in [-0.39, 0.29) is 0 Å². The van der Waals surface area contributed by atoms with Crippen molar-refractivity contribution < 1.29 is 15.3 Å². The maximum Gasteiger partial charge on any atom is 0.106 e. The molecular weight excluding hydrogens is 210 g/mol. The van der Waals surface area contributed by atoms with E-state index in [4.69, 9.17) is 5.73 Å². The molecule has 6 nitrogen and oxygen atoms in total. The molecule has 0 aromatic carbocycles. The lowest BCUT2D eigenvalue weighted by Crippen LogP contribution is -2.47. The SMILES string of the molecule is CC(O)N(CCN)CCN(C(C)O)C(C)O. The highest BCUT2D eigenvalue weighted by atomic mass is 16.3. The van der Waals surface area contributed by atoms with Gasteiger partial charge >= 0.3 is 0 Å². The van der Waals surface area contributed by atoms with Crippen molar-refractivity contribution in [1.29, 1.82) is 0 Å². The first-order valence-corrected chi connectivity index (χ1v) is 5.64. The second-order valence-electron chi connectivity index (χ2n) is 3.96. The van der Waals surface area contributed by atoms with Crippen molar-refractivity contribution in [3.63, 3.8) is 0 Å². The van der Waals surface area contributed by atoms with Crippen molar-refractivity contribution in [1.82, 2.24) is 9.80 Å². The van der Waals surface area contributed by atoms with Crippen LogP contribution in [0.1, 0.15) is 20.8 Å². The van der Waals surface area contributed by atoms with Crippen molar-refractivity contribution >= 4 is 0 Å². The summed E-state index contributed by atoms with van der Waals surface area (Å²) in [5.41, 5.74) is 5.43. The summed E-state index contributed by atoms with van der Waals surface area (Å²) in [5.74, 6) is 0. The highest BCUT2D eigenvalue weighted by Gasteiger charge is 2.18. The second kappa shape index (κ2) is 7.94. The molecule has 0 aliphatic heterocycles. The first-order valence-electron chi connectivity index (χ1n) is 5.64. The number of nitrogens with two attached hydrogens (primary N) is 1. The number of rotatable bonds is 8. The Balaban J connectivity index is 4.15. The Morgan fingerprint density at radius 3 is 1.69 bits per heavy atom. The number of aliphatic hydroxyl groups excluding tert-OH is 3. The molecule has 3 atom stereocenters. The molecule has 0 saturated carbocycles. The zero-order valence-corrected chi connectivity index (χ0v) is 10.4. The Bertz CT molecular complexity index is 169. The summed E-state index contributed by atoms with van der Waals surface area (Å²) < 4.78 is 0. The number of hydrogen-bond acceptors (Lipinski definition) is 6. The molecule has 16 heavy (non-hydrogen) atoms. The first-order chi connectivity index (χ1) is 7.40. The van der Waals surface area contributed by atoms with Gasteiger partial charge in [-0.3, -0.25) is 9.80 Å². The predicted octanol–water partition coefficient (Wildman–Crippen LogP) is -1.44. The van der Waals surface area contributed by atoms with Gasteiger partial charge in [-0.2, -0.15) is 0 Å². The van der Waals surface area contributed by atoms with Crippen molar-refractivity contribution in [2.45, 2.75) is 39.5 Å². The first kappa shape index (κ1) is 15.8. The molecule has 0 rings (SSSR count). The van der Waals surface area contributed by atoms with Crippen LogP contribution in [0.5, 0.6) is 0 Å². The number of hydrogen-bond donors (Lipinski definition) is 4. The predicted molar refractivity (Wildman–Crippen MR) is 62.4 cm³/mol. The largest absolute Gasteiger partial charge is 0.379 e. The third-order valence-corrected chi connectivity index (χ3v) is 2.55. The summed E-state index contributed by atoms with van der Waals surface area (Å²) in [6.45, 7) is 6.94. The standard InChI is InChI=1S/C10H25N3O3/c1-8(14)12(5-4-11)6-7-13(9(2)15)10(3)16/h8-10,14-16H,4-7,11H2,1-3H3. The number of nitrogens with zero attached hydrogens (tertiary/aromatic N) is 2. The molecule has 98 valence electrons. The molecule has 0 spiro atoms. The summed E-state index contributed by atoms with van der Waals surface area (Å²) in [4.78, 5) is 3.32. The van der Waals surface area contributed by atoms with Crippen LogP contribution in [-0.4, -0.2) is 70.0 Å². The third kappa shape index (κ3) is 5.74. The molecule has 0 saturated heterocycles. The van der Waals surface area contributed by atoms with Crippen molar-refractivity contribution in [3.8, 4) is 0 Å². The molecule has 0 amide bonds. The fourth-order valence-corrected chi connectivity index (χ4v) is 1.58. The van der Waals surface area contributed by atoms with Crippen LogP contribution >= 0.6 is 0 Å². The Hall–Kier alpha value is -0.240. The van der Waals surface area contributed by atoms with Crippen LogP contribution in [-0.2, 0) is 0 Å². The Labute approximate surface area is 97.3 Å². The van der Waals surface area contributed by atoms with Gasteiger partial charge in [-0.05, 0) is 20.8 Å². The molecule has 6 heteroatoms. The quantitative estimate of drug-likeness (QED) is 0.385. The molecule has 0 fully saturated rings. The van der Waals surface area contributed by atoms with Crippen LogP contribution in [0.15, 0.2) is 0 Å². The van der Waals surface area contributed by atoms with Crippen LogP contribution in [0.4, 0.5) is 0 Å². The van der Waals surface area contributed by atoms with E-state index >= 15 is 0 Å². The van der Waals surface area contributed by atoms with Crippen LogP contribution in [0, 0.1) is 0 Å². The maximum absolute atomic E-state index is 9.46. The highest BCUT2D eigenvalue weighted by Crippen LogP contribution is 2.03. The normalized spacial score (nSPS) is 17.8. The lowest BCUT2D eigenvalue weighted by molar-refractivity contribution is -0.0929. The Morgan fingerprint density at radius 1 is 0.875 bits per heavy atom. The minimum Gasteiger partial charge on any atom is -0.379 e. The van der Waals surface area contributed by atoms with E-state index in [1.165, 1.54) is 4.90 Å². The van der Waals surface area contributed by atoms with Gasteiger partial charge in [-0.1, -0.05) is 0 Å². The van der Waals surface area contributed by atoms with Crippen LogP contribution in [0.3, 0.4) is 0 Å². The molecule has 0 radical (unpaired) electrons. The van der Waals surface area contributed by atoms with E-state index in [0.29, 0.717) is 26.2 Å². The maximum atomic E-state index is 9.46. The molecule has 0 aliphatic rings. The minimum atomic E-state index is -0.714. The van der Waals surface area contributed by atoms with Crippen LogP contribution in [0.2, 0.25) is 0 Å². The van der Waals surface area contributed by atoms with Gasteiger partial charge in [0.2, 0.25) is 0 Å². The molecule has 0 aromatic rings. The smallest absolute Gasteiger partial charge is 0.106 e. The van der Waals surface area contributed by atoms with Gasteiger partial charge in [0.25, 0.3) is 0 Å². The van der Waals surface area contributed by atoms with Gasteiger partial charge in [0.1, 0.15) is 18.7 Å². The fraction of sp³-hybridized carbons (Fsp3) is 1.00. The molecule has 0 aliphatic carbocycles. The third-order valence-electron chi connectivity index (χ3n) is 2.55. The highest BCUT2D eigenvalue weighted by molar-refractivity contribution is 4.65. The van der Waals surface area contributed by atoms with E-state index in [1.54, 1.807) is 25.7 Å². The van der Waals surface area contributed by atoms with Gasteiger partial charge in [0, 0.05) is 26.2 Å². The lowest BCUT2D eigenvalue weighted by Gasteiger charge is -2.32.